The van der Waals surface area contributed by atoms with E-state index in [-0.39, 0.29) is 10.8 Å². The van der Waals surface area contributed by atoms with E-state index in [1.807, 2.05) is 48.6 Å². The minimum absolute atomic E-state index is 0.356. The lowest BCUT2D eigenvalue weighted by atomic mass is 9.85. The number of hydrogen-bond donors (Lipinski definition) is 2. The van der Waals surface area contributed by atoms with Gasteiger partial charge in [-0.2, -0.15) is 10.2 Å². The molecular weight excluding hydrogens is 686 g/mol. The second kappa shape index (κ2) is 18.0. The number of urea groups is 1. The van der Waals surface area contributed by atoms with Gasteiger partial charge in [0, 0.05) is 23.9 Å². The zero-order valence-electron chi connectivity index (χ0n) is 28.5. The third kappa shape index (κ3) is 11.9. The highest BCUT2D eigenvalue weighted by molar-refractivity contribution is 6.42. The van der Waals surface area contributed by atoms with Crippen LogP contribution >= 0.6 is 46.4 Å². The largest absolute Gasteiger partial charge is 0.355 e. The quantitative estimate of drug-likeness (QED) is 0.169. The molecule has 2 aromatic carbocycles. The number of hydrogen-bond acceptors (Lipinski definition) is 5. The topological polar surface area (TPSA) is 72.3 Å². The number of nitrogens with zero attached hydrogens (tertiary/aromatic N) is 4. The van der Waals surface area contributed by atoms with E-state index in [2.05, 4.69) is 58.5 Å². The summed E-state index contributed by atoms with van der Waals surface area (Å²) in [6, 6.07) is 10.4. The number of carbonyl (C=O) groups excluding carboxylic acids is 1. The highest BCUT2D eigenvalue weighted by Crippen LogP contribution is 2.28. The molecule has 2 aromatic rings. The lowest BCUT2D eigenvalue weighted by molar-refractivity contribution is 0.186. The zero-order valence-corrected chi connectivity index (χ0v) is 31.5. The molecule has 0 aromatic heterocycles. The number of hydrazone groups is 2. The maximum Gasteiger partial charge on any atom is 0.355 e. The van der Waals surface area contributed by atoms with Crippen molar-refractivity contribution in [1.29, 1.82) is 0 Å². The molecule has 0 unspecified atom stereocenters. The van der Waals surface area contributed by atoms with Crippen molar-refractivity contribution in [2.45, 2.75) is 66.2 Å². The second-order valence-corrected chi connectivity index (χ2v) is 15.6. The first-order valence-electron chi connectivity index (χ1n) is 16.8. The van der Waals surface area contributed by atoms with Crippen LogP contribution in [-0.2, 0) is 0 Å². The molecule has 2 aliphatic rings. The van der Waals surface area contributed by atoms with E-state index in [0.717, 1.165) is 61.8 Å². The Morgan fingerprint density at radius 1 is 0.646 bits per heavy atom. The Morgan fingerprint density at radius 3 is 1.38 bits per heavy atom. The molecule has 11 heteroatoms. The summed E-state index contributed by atoms with van der Waals surface area (Å²) in [5, 5.41) is 11.2. The average Bonchev–Trinajstić information content (AvgIpc) is 3.04. The first-order valence-corrected chi connectivity index (χ1v) is 18.3. The zero-order chi connectivity index (χ0) is 34.7. The third-order valence-electron chi connectivity index (χ3n) is 8.83. The summed E-state index contributed by atoms with van der Waals surface area (Å²) in [7, 11) is 0. The van der Waals surface area contributed by atoms with Crippen molar-refractivity contribution in [2.75, 3.05) is 39.3 Å². The molecule has 2 N–H and O–H groups in total. The number of piperidine rings is 2. The van der Waals surface area contributed by atoms with Crippen molar-refractivity contribution in [3.8, 4) is 0 Å². The Hall–Kier alpha value is -2.39. The van der Waals surface area contributed by atoms with Crippen LogP contribution in [0.5, 0.6) is 0 Å². The highest BCUT2D eigenvalue weighted by atomic mass is 35.5. The molecular formula is C37H48Cl4N6O. The molecule has 2 heterocycles. The number of carbonyl (C=O) groups is 1. The number of benzene rings is 2. The van der Waals surface area contributed by atoms with E-state index in [4.69, 9.17) is 46.4 Å². The Labute approximate surface area is 306 Å². The molecule has 2 fully saturated rings. The number of amides is 2. The van der Waals surface area contributed by atoms with Crippen molar-refractivity contribution < 1.29 is 4.79 Å². The third-order valence-corrected chi connectivity index (χ3v) is 10.3. The molecule has 0 bridgehead atoms. The predicted octanol–water partition coefficient (Wildman–Crippen LogP) is 10.1. The van der Waals surface area contributed by atoms with E-state index >= 15 is 0 Å². The molecule has 2 aliphatic heterocycles. The highest BCUT2D eigenvalue weighted by Gasteiger charge is 2.29. The molecule has 0 radical (unpaired) electrons. The molecule has 48 heavy (non-hydrogen) atoms. The molecule has 0 atom stereocenters. The average molecular weight is 735 g/mol. The lowest BCUT2D eigenvalue weighted by Gasteiger charge is -2.35. The van der Waals surface area contributed by atoms with Crippen LogP contribution in [0, 0.1) is 10.8 Å². The van der Waals surface area contributed by atoms with Gasteiger partial charge in [-0.05, 0) is 99.4 Å². The maximum atomic E-state index is 13.2. The van der Waals surface area contributed by atoms with Gasteiger partial charge in [0.15, 0.2) is 0 Å². The van der Waals surface area contributed by atoms with Gasteiger partial charge in [0.1, 0.15) is 0 Å². The number of rotatable bonds is 12. The van der Waals surface area contributed by atoms with Crippen molar-refractivity contribution in [3.05, 3.63) is 79.8 Å². The molecule has 0 aliphatic carbocycles. The van der Waals surface area contributed by atoms with Crippen molar-refractivity contribution in [1.82, 2.24) is 20.7 Å². The van der Waals surface area contributed by atoms with E-state index < -0.39 is 6.03 Å². The van der Waals surface area contributed by atoms with Gasteiger partial charge >= 0.3 is 6.03 Å². The summed E-state index contributed by atoms with van der Waals surface area (Å²) in [6.07, 6.45) is 15.0. The number of allylic oxidation sites excluding steroid dienone is 2. The van der Waals surface area contributed by atoms with Gasteiger partial charge in [-0.3, -0.25) is 0 Å². The monoisotopic (exact) mass is 732 g/mol. The fourth-order valence-corrected chi connectivity index (χ4v) is 6.79. The SMILES string of the molecule is CC(C)(CN1CCCCC1)C(/C=C/c1ccc(Cl)c(Cl)c1)=N\NC(=O)N/N=C(\C=C\c1ccc(Cl)c(Cl)c1)C(C)(C)CN1CCCCC1. The van der Waals surface area contributed by atoms with E-state index in [1.165, 1.54) is 38.5 Å². The molecule has 0 spiro atoms. The van der Waals surface area contributed by atoms with Crippen molar-refractivity contribution in [2.24, 2.45) is 21.0 Å². The molecule has 260 valence electrons. The molecule has 7 nitrogen and oxygen atoms in total. The van der Waals surface area contributed by atoms with Crippen LogP contribution in [0.4, 0.5) is 4.79 Å². The Kier molecular flexibility index (Phi) is 14.4. The van der Waals surface area contributed by atoms with Crippen molar-refractivity contribution in [3.63, 3.8) is 0 Å². The van der Waals surface area contributed by atoms with Gasteiger partial charge in [-0.15, -0.1) is 0 Å². The van der Waals surface area contributed by atoms with Crippen LogP contribution in [0.3, 0.4) is 0 Å². The van der Waals surface area contributed by atoms with Crippen molar-refractivity contribution >= 4 is 76.0 Å². The first kappa shape index (κ1) is 38.4. The Balaban J connectivity index is 1.56. The van der Waals surface area contributed by atoms with Gasteiger partial charge in [-0.25, -0.2) is 15.6 Å². The summed E-state index contributed by atoms with van der Waals surface area (Å²) in [6.45, 7) is 14.4. The summed E-state index contributed by atoms with van der Waals surface area (Å²) < 4.78 is 0. The van der Waals surface area contributed by atoms with Gasteiger partial charge in [0.05, 0.1) is 31.5 Å². The smallest absolute Gasteiger partial charge is 0.302 e. The minimum Gasteiger partial charge on any atom is -0.302 e. The predicted molar refractivity (Wildman–Crippen MR) is 206 cm³/mol. The summed E-state index contributed by atoms with van der Waals surface area (Å²) >= 11 is 24.8. The lowest BCUT2D eigenvalue weighted by Crippen LogP contribution is -2.43. The van der Waals surface area contributed by atoms with Crippen LogP contribution in [-0.4, -0.2) is 66.5 Å². The summed E-state index contributed by atoms with van der Waals surface area (Å²) in [4.78, 5) is 18.2. The molecule has 4 rings (SSSR count). The van der Waals surface area contributed by atoms with Crippen LogP contribution in [0.1, 0.15) is 77.3 Å². The fraction of sp³-hybridized carbons (Fsp3) is 0.486. The second-order valence-electron chi connectivity index (χ2n) is 14.0. The first-order chi connectivity index (χ1) is 22.8. The molecule has 2 amide bonds. The number of likely N-dealkylation sites (tertiary alicyclic amines) is 2. The number of halogens is 4. The number of nitrogens with one attached hydrogen (secondary N) is 2. The van der Waals surface area contributed by atoms with Crippen LogP contribution < -0.4 is 10.9 Å². The van der Waals surface area contributed by atoms with Gasteiger partial charge in [0.2, 0.25) is 0 Å². The van der Waals surface area contributed by atoms with Gasteiger partial charge < -0.3 is 9.80 Å². The van der Waals surface area contributed by atoms with E-state index in [0.29, 0.717) is 20.1 Å². The van der Waals surface area contributed by atoms with Crippen LogP contribution in [0.25, 0.3) is 12.2 Å². The fourth-order valence-electron chi connectivity index (χ4n) is 6.17. The molecule has 0 saturated carbocycles. The Bertz CT molecular complexity index is 1410. The normalized spacial score (nSPS) is 17.8. The molecule has 2 saturated heterocycles. The van der Waals surface area contributed by atoms with E-state index in [1.54, 1.807) is 12.1 Å². The summed E-state index contributed by atoms with van der Waals surface area (Å²) in [5.41, 5.74) is 7.92. The van der Waals surface area contributed by atoms with Crippen LogP contribution in [0.15, 0.2) is 58.8 Å². The Morgan fingerprint density at radius 2 is 1.02 bits per heavy atom. The van der Waals surface area contributed by atoms with Gasteiger partial charge in [0.25, 0.3) is 0 Å². The van der Waals surface area contributed by atoms with Crippen LogP contribution in [0.2, 0.25) is 20.1 Å². The minimum atomic E-state index is -0.529. The van der Waals surface area contributed by atoms with Gasteiger partial charge in [-0.1, -0.05) is 111 Å². The maximum absolute atomic E-state index is 13.2. The summed E-state index contributed by atoms with van der Waals surface area (Å²) in [5.74, 6) is 0. The standard InChI is InChI=1S/C37H48Cl4N6O/c1-36(2,25-46-19-7-5-8-20-46)33(17-13-27-11-15-29(38)31(40)23-27)42-44-35(48)45-43-34(18-14-28-12-16-30(39)32(41)24-28)37(3,4)26-47-21-9-6-10-22-47/h11-18,23-24H,5-10,19-22,25-26H2,1-4H3,(H2,44,45,48)/b17-13+,18-14+,42-33-,43-34+. The van der Waals surface area contributed by atoms with E-state index in [9.17, 15) is 4.79 Å².